The molecule has 0 unspecified atom stereocenters. The zero-order valence-electron chi connectivity index (χ0n) is 21.5. The highest BCUT2D eigenvalue weighted by Crippen LogP contribution is 2.32. The van der Waals surface area contributed by atoms with E-state index in [1.54, 1.807) is 4.90 Å². The number of benzene rings is 2. The van der Waals surface area contributed by atoms with Crippen LogP contribution in [-0.4, -0.2) is 49.1 Å². The standard InChI is InChI=1S/C28H33N5O4/c1-4-7-8-25(34)33(18-28(5-2,6-3)27(35)36)17-19-9-14-23-22(15-19)16-24(37-23)20-10-12-21(13-11-20)26-29-31-32-30-26/h9-16H,4-8,17-18H2,1-3H3,(H,35,36)(H,29,30,31,32). The molecule has 194 valence electrons. The van der Waals surface area contributed by atoms with Gasteiger partial charge in [0.1, 0.15) is 11.3 Å². The number of aromatic nitrogens is 4. The van der Waals surface area contributed by atoms with Crippen molar-refractivity contribution in [1.29, 1.82) is 0 Å². The average molecular weight is 504 g/mol. The van der Waals surface area contributed by atoms with Crippen molar-refractivity contribution in [3.8, 4) is 22.7 Å². The van der Waals surface area contributed by atoms with Crippen LogP contribution in [0.25, 0.3) is 33.7 Å². The van der Waals surface area contributed by atoms with Gasteiger partial charge in [0.05, 0.1) is 5.41 Å². The number of hydrogen-bond donors (Lipinski definition) is 2. The first-order valence-electron chi connectivity index (χ1n) is 12.8. The second-order valence-electron chi connectivity index (χ2n) is 9.44. The molecule has 2 aromatic heterocycles. The molecule has 4 aromatic rings. The molecule has 0 bridgehead atoms. The molecule has 2 heterocycles. The van der Waals surface area contributed by atoms with Gasteiger partial charge >= 0.3 is 5.97 Å². The summed E-state index contributed by atoms with van der Waals surface area (Å²) in [5.74, 6) is 0.386. The number of aliphatic carboxylic acids is 1. The van der Waals surface area contributed by atoms with Crippen LogP contribution in [0.1, 0.15) is 58.4 Å². The van der Waals surface area contributed by atoms with Crippen LogP contribution in [0.3, 0.4) is 0 Å². The van der Waals surface area contributed by atoms with Gasteiger partial charge in [0.25, 0.3) is 0 Å². The normalized spacial score (nSPS) is 11.6. The molecular weight excluding hydrogens is 470 g/mol. The molecular formula is C28H33N5O4. The second kappa shape index (κ2) is 11.4. The highest BCUT2D eigenvalue weighted by Gasteiger charge is 2.38. The van der Waals surface area contributed by atoms with Crippen LogP contribution < -0.4 is 0 Å². The van der Waals surface area contributed by atoms with E-state index in [0.29, 0.717) is 31.6 Å². The third kappa shape index (κ3) is 5.71. The van der Waals surface area contributed by atoms with Crippen molar-refractivity contribution in [3.05, 3.63) is 54.1 Å². The van der Waals surface area contributed by atoms with Crippen molar-refractivity contribution in [3.63, 3.8) is 0 Å². The summed E-state index contributed by atoms with van der Waals surface area (Å²) < 4.78 is 6.08. The third-order valence-corrected chi connectivity index (χ3v) is 7.12. The maximum absolute atomic E-state index is 13.1. The Morgan fingerprint density at radius 2 is 1.76 bits per heavy atom. The van der Waals surface area contributed by atoms with Crippen molar-refractivity contribution in [2.75, 3.05) is 6.54 Å². The van der Waals surface area contributed by atoms with Crippen molar-refractivity contribution in [2.24, 2.45) is 5.41 Å². The average Bonchev–Trinajstić information content (AvgIpc) is 3.60. The summed E-state index contributed by atoms with van der Waals surface area (Å²) in [5.41, 5.74) is 2.48. The van der Waals surface area contributed by atoms with Crippen LogP contribution in [-0.2, 0) is 16.1 Å². The Balaban J connectivity index is 1.58. The number of carboxylic acid groups (broad SMARTS) is 1. The van der Waals surface area contributed by atoms with E-state index in [1.165, 1.54) is 0 Å². The molecule has 2 N–H and O–H groups in total. The minimum atomic E-state index is -0.956. The maximum Gasteiger partial charge on any atom is 0.311 e. The minimum absolute atomic E-state index is 0.0101. The van der Waals surface area contributed by atoms with Crippen LogP contribution in [0.5, 0.6) is 0 Å². The number of carboxylic acids is 1. The van der Waals surface area contributed by atoms with Crippen molar-refractivity contribution >= 4 is 22.8 Å². The van der Waals surface area contributed by atoms with E-state index >= 15 is 0 Å². The van der Waals surface area contributed by atoms with Gasteiger partial charge in [0.15, 0.2) is 0 Å². The molecule has 9 heteroatoms. The largest absolute Gasteiger partial charge is 0.481 e. The van der Waals surface area contributed by atoms with E-state index in [4.69, 9.17) is 4.42 Å². The smallest absolute Gasteiger partial charge is 0.311 e. The van der Waals surface area contributed by atoms with Crippen LogP contribution >= 0.6 is 0 Å². The van der Waals surface area contributed by atoms with Gasteiger partial charge in [-0.15, -0.1) is 10.2 Å². The third-order valence-electron chi connectivity index (χ3n) is 7.12. The number of aromatic amines is 1. The number of H-pyrrole nitrogens is 1. The van der Waals surface area contributed by atoms with Crippen molar-refractivity contribution in [1.82, 2.24) is 25.5 Å². The summed E-state index contributed by atoms with van der Waals surface area (Å²) in [6.07, 6.45) is 3.03. The summed E-state index contributed by atoms with van der Waals surface area (Å²) in [4.78, 5) is 27.0. The van der Waals surface area contributed by atoms with Gasteiger partial charge in [0, 0.05) is 36.0 Å². The molecule has 2 aromatic carbocycles. The minimum Gasteiger partial charge on any atom is -0.481 e. The molecule has 0 spiro atoms. The van der Waals surface area contributed by atoms with Crippen LogP contribution in [0.15, 0.2) is 52.9 Å². The van der Waals surface area contributed by atoms with Crippen molar-refractivity contribution in [2.45, 2.75) is 59.4 Å². The molecule has 4 rings (SSSR count). The maximum atomic E-state index is 13.1. The molecule has 0 saturated heterocycles. The summed E-state index contributed by atoms with van der Waals surface area (Å²) in [7, 11) is 0. The Hall–Kier alpha value is -4.01. The zero-order chi connectivity index (χ0) is 26.4. The number of amides is 1. The fourth-order valence-electron chi connectivity index (χ4n) is 4.55. The van der Waals surface area contributed by atoms with Gasteiger partial charge < -0.3 is 14.4 Å². The second-order valence-corrected chi connectivity index (χ2v) is 9.44. The molecule has 0 fully saturated rings. The molecule has 0 atom stereocenters. The SMILES string of the molecule is CCCCC(=O)N(Cc1ccc2oc(-c3ccc(-c4nn[nH]n4)cc3)cc2c1)CC(CC)(CC)C(=O)O. The molecule has 0 aliphatic heterocycles. The quantitative estimate of drug-likeness (QED) is 0.254. The van der Waals surface area contributed by atoms with E-state index in [0.717, 1.165) is 46.3 Å². The lowest BCUT2D eigenvalue weighted by Crippen LogP contribution is -2.44. The molecule has 0 saturated carbocycles. The monoisotopic (exact) mass is 503 g/mol. The van der Waals surface area contributed by atoms with Crippen LogP contribution in [0, 0.1) is 5.41 Å². The Morgan fingerprint density at radius 3 is 2.38 bits per heavy atom. The first-order chi connectivity index (χ1) is 17.9. The summed E-state index contributed by atoms with van der Waals surface area (Å²) in [6, 6.07) is 15.5. The number of nitrogens with zero attached hydrogens (tertiary/aromatic N) is 4. The number of hydrogen-bond acceptors (Lipinski definition) is 6. The van der Waals surface area contributed by atoms with E-state index < -0.39 is 11.4 Å². The molecule has 9 nitrogen and oxygen atoms in total. The lowest BCUT2D eigenvalue weighted by Gasteiger charge is -2.34. The number of unbranched alkanes of at least 4 members (excludes halogenated alkanes) is 1. The first-order valence-corrected chi connectivity index (χ1v) is 12.8. The Labute approximate surface area is 215 Å². The number of tetrazole rings is 1. The van der Waals surface area contributed by atoms with Crippen LogP contribution in [0.2, 0.25) is 0 Å². The lowest BCUT2D eigenvalue weighted by atomic mass is 9.81. The fraction of sp³-hybridized carbons (Fsp3) is 0.393. The summed E-state index contributed by atoms with van der Waals surface area (Å²) >= 11 is 0. The number of carbonyl (C=O) groups excluding carboxylic acids is 1. The number of furan rings is 1. The van der Waals surface area contributed by atoms with Gasteiger partial charge in [-0.05, 0) is 48.2 Å². The molecule has 37 heavy (non-hydrogen) atoms. The first kappa shape index (κ1) is 26.1. The van der Waals surface area contributed by atoms with E-state index in [-0.39, 0.29) is 12.5 Å². The Bertz CT molecular complexity index is 1340. The van der Waals surface area contributed by atoms with Gasteiger partial charge in [-0.25, -0.2) is 0 Å². The lowest BCUT2D eigenvalue weighted by molar-refractivity contribution is -0.152. The fourth-order valence-corrected chi connectivity index (χ4v) is 4.55. The predicted octanol–water partition coefficient (Wildman–Crippen LogP) is 5.69. The summed E-state index contributed by atoms with van der Waals surface area (Å²) in [6.45, 7) is 6.34. The number of rotatable bonds is 12. The number of carbonyl (C=O) groups is 2. The Morgan fingerprint density at radius 1 is 1.03 bits per heavy atom. The molecule has 0 aliphatic rings. The van der Waals surface area contributed by atoms with Crippen molar-refractivity contribution < 1.29 is 19.1 Å². The van der Waals surface area contributed by atoms with Gasteiger partial charge in [-0.3, -0.25) is 9.59 Å². The number of fused-ring (bicyclic) bond motifs is 1. The van der Waals surface area contributed by atoms with Gasteiger partial charge in [0.2, 0.25) is 11.7 Å². The molecule has 1 amide bonds. The topological polar surface area (TPSA) is 125 Å². The van der Waals surface area contributed by atoms with E-state index in [2.05, 4.69) is 20.6 Å². The van der Waals surface area contributed by atoms with Gasteiger partial charge in [-0.1, -0.05) is 57.5 Å². The Kier molecular flexibility index (Phi) is 8.01. The van der Waals surface area contributed by atoms with E-state index in [1.807, 2.05) is 69.3 Å². The highest BCUT2D eigenvalue weighted by molar-refractivity contribution is 5.84. The van der Waals surface area contributed by atoms with E-state index in [9.17, 15) is 14.7 Å². The summed E-state index contributed by atoms with van der Waals surface area (Å²) in [5, 5.41) is 24.9. The highest BCUT2D eigenvalue weighted by atomic mass is 16.4. The zero-order valence-corrected chi connectivity index (χ0v) is 21.5. The molecule has 0 radical (unpaired) electrons. The van der Waals surface area contributed by atoms with Gasteiger partial charge in [-0.2, -0.15) is 5.21 Å². The number of nitrogens with one attached hydrogen (secondary N) is 1. The molecule has 0 aliphatic carbocycles. The van der Waals surface area contributed by atoms with Crippen LogP contribution in [0.4, 0.5) is 0 Å². The predicted molar refractivity (Wildman–Crippen MR) is 140 cm³/mol.